The van der Waals surface area contributed by atoms with E-state index in [-0.39, 0.29) is 12.0 Å². The molecule has 1 aromatic carbocycles. The molecule has 2 N–H and O–H groups in total. The van der Waals surface area contributed by atoms with E-state index in [2.05, 4.69) is 5.32 Å². The number of amides is 1. The molecule has 0 unspecified atom stereocenters. The van der Waals surface area contributed by atoms with Crippen LogP contribution in [0.4, 0.5) is 5.69 Å². The second-order valence-corrected chi connectivity index (χ2v) is 5.67. The highest BCUT2D eigenvalue weighted by molar-refractivity contribution is 8.00. The number of hydrogen-bond acceptors (Lipinski definition) is 3. The molecule has 17 heavy (non-hydrogen) atoms. The van der Waals surface area contributed by atoms with Crippen molar-refractivity contribution in [3.8, 4) is 0 Å². The number of carbonyl (C=O) groups is 1. The largest absolute Gasteiger partial charge is 0.392 e. The van der Waals surface area contributed by atoms with Crippen molar-refractivity contribution in [1.82, 2.24) is 0 Å². The molecule has 0 saturated heterocycles. The SMILES string of the molecule is CC(=O)Nc1ccc(S[C@H]2CCC[C@@H]2O)cc1. The molecule has 1 aromatic rings. The van der Waals surface area contributed by atoms with E-state index in [0.717, 1.165) is 29.8 Å². The van der Waals surface area contributed by atoms with Gasteiger partial charge in [0, 0.05) is 22.8 Å². The zero-order chi connectivity index (χ0) is 12.3. The maximum absolute atomic E-state index is 10.9. The van der Waals surface area contributed by atoms with Crippen LogP contribution in [0.3, 0.4) is 0 Å². The average molecular weight is 251 g/mol. The molecule has 0 heterocycles. The minimum Gasteiger partial charge on any atom is -0.392 e. The molecule has 1 saturated carbocycles. The zero-order valence-corrected chi connectivity index (χ0v) is 10.7. The van der Waals surface area contributed by atoms with E-state index in [9.17, 15) is 9.90 Å². The van der Waals surface area contributed by atoms with Crippen LogP contribution >= 0.6 is 11.8 Å². The molecule has 0 radical (unpaired) electrons. The molecule has 0 aliphatic heterocycles. The van der Waals surface area contributed by atoms with Crippen LogP contribution in [0.2, 0.25) is 0 Å². The van der Waals surface area contributed by atoms with Gasteiger partial charge in [0.15, 0.2) is 0 Å². The maximum Gasteiger partial charge on any atom is 0.221 e. The zero-order valence-electron chi connectivity index (χ0n) is 9.85. The Morgan fingerprint density at radius 3 is 2.59 bits per heavy atom. The average Bonchev–Trinajstić information content (AvgIpc) is 2.67. The fourth-order valence-electron chi connectivity index (χ4n) is 2.04. The molecule has 3 nitrogen and oxygen atoms in total. The monoisotopic (exact) mass is 251 g/mol. The van der Waals surface area contributed by atoms with Gasteiger partial charge in [0.2, 0.25) is 5.91 Å². The molecule has 1 aliphatic carbocycles. The third-order valence-electron chi connectivity index (χ3n) is 2.88. The van der Waals surface area contributed by atoms with E-state index in [1.54, 1.807) is 11.8 Å². The first-order valence-electron chi connectivity index (χ1n) is 5.87. The minimum absolute atomic E-state index is 0.0587. The summed E-state index contributed by atoms with van der Waals surface area (Å²) in [4.78, 5) is 12.0. The smallest absolute Gasteiger partial charge is 0.221 e. The Morgan fingerprint density at radius 1 is 1.35 bits per heavy atom. The van der Waals surface area contributed by atoms with Crippen molar-refractivity contribution in [2.45, 2.75) is 42.4 Å². The highest BCUT2D eigenvalue weighted by Crippen LogP contribution is 2.35. The van der Waals surface area contributed by atoms with Gasteiger partial charge in [-0.2, -0.15) is 0 Å². The Kier molecular flexibility index (Phi) is 4.07. The Morgan fingerprint density at radius 2 is 2.06 bits per heavy atom. The van der Waals surface area contributed by atoms with Gasteiger partial charge in [-0.1, -0.05) is 0 Å². The molecule has 1 fully saturated rings. The molecule has 4 heteroatoms. The summed E-state index contributed by atoms with van der Waals surface area (Å²) in [6, 6.07) is 7.76. The lowest BCUT2D eigenvalue weighted by molar-refractivity contribution is -0.114. The van der Waals surface area contributed by atoms with E-state index in [1.165, 1.54) is 6.92 Å². The van der Waals surface area contributed by atoms with Crippen LogP contribution < -0.4 is 5.32 Å². The first-order valence-corrected chi connectivity index (χ1v) is 6.75. The van der Waals surface area contributed by atoms with Crippen LogP contribution in [-0.2, 0) is 4.79 Å². The molecule has 92 valence electrons. The summed E-state index contributed by atoms with van der Waals surface area (Å²) in [5.74, 6) is -0.0587. The van der Waals surface area contributed by atoms with Gasteiger partial charge < -0.3 is 10.4 Å². The highest BCUT2D eigenvalue weighted by atomic mass is 32.2. The Labute approximate surface area is 106 Å². The lowest BCUT2D eigenvalue weighted by atomic mass is 10.3. The standard InChI is InChI=1S/C13H17NO2S/c1-9(15)14-10-5-7-11(8-6-10)17-13-4-2-3-12(13)16/h5-8,12-13,16H,2-4H2,1H3,(H,14,15)/t12-,13-/m0/s1. The van der Waals surface area contributed by atoms with E-state index >= 15 is 0 Å². The van der Waals surface area contributed by atoms with Gasteiger partial charge in [-0.05, 0) is 43.5 Å². The summed E-state index contributed by atoms with van der Waals surface area (Å²) in [5, 5.41) is 12.8. The lowest BCUT2D eigenvalue weighted by Gasteiger charge is -2.13. The van der Waals surface area contributed by atoms with E-state index in [0.29, 0.717) is 5.25 Å². The number of benzene rings is 1. The van der Waals surface area contributed by atoms with Gasteiger partial charge in [-0.25, -0.2) is 0 Å². The fraction of sp³-hybridized carbons (Fsp3) is 0.462. The third-order valence-corrected chi connectivity index (χ3v) is 4.28. The number of hydrogen-bond donors (Lipinski definition) is 2. The number of aliphatic hydroxyl groups excluding tert-OH is 1. The molecule has 2 atom stereocenters. The fourth-order valence-corrected chi connectivity index (χ4v) is 3.26. The van der Waals surface area contributed by atoms with E-state index < -0.39 is 0 Å². The predicted octanol–water partition coefficient (Wildman–Crippen LogP) is 2.65. The topological polar surface area (TPSA) is 49.3 Å². The van der Waals surface area contributed by atoms with E-state index in [1.807, 2.05) is 24.3 Å². The summed E-state index contributed by atoms with van der Waals surface area (Å²) >= 11 is 1.72. The predicted molar refractivity (Wildman–Crippen MR) is 70.2 cm³/mol. The summed E-state index contributed by atoms with van der Waals surface area (Å²) < 4.78 is 0. The van der Waals surface area contributed by atoms with Gasteiger partial charge in [0.05, 0.1) is 6.10 Å². The van der Waals surface area contributed by atoms with Crippen molar-refractivity contribution in [2.75, 3.05) is 5.32 Å². The third kappa shape index (κ3) is 3.48. The highest BCUT2D eigenvalue weighted by Gasteiger charge is 2.25. The molecular weight excluding hydrogens is 234 g/mol. The molecule has 1 amide bonds. The van der Waals surface area contributed by atoms with Gasteiger partial charge in [-0.15, -0.1) is 11.8 Å². The number of thioether (sulfide) groups is 1. The molecule has 2 rings (SSSR count). The molecular formula is C13H17NO2S. The normalized spacial score (nSPS) is 23.6. The number of rotatable bonds is 3. The van der Waals surface area contributed by atoms with Crippen LogP contribution in [0.1, 0.15) is 26.2 Å². The number of nitrogens with one attached hydrogen (secondary N) is 1. The van der Waals surface area contributed by atoms with Crippen molar-refractivity contribution < 1.29 is 9.90 Å². The maximum atomic E-state index is 10.9. The number of anilines is 1. The van der Waals surface area contributed by atoms with Crippen molar-refractivity contribution in [3.63, 3.8) is 0 Å². The van der Waals surface area contributed by atoms with Crippen molar-refractivity contribution in [1.29, 1.82) is 0 Å². The first kappa shape index (κ1) is 12.5. The Bertz CT molecular complexity index is 391. The Balaban J connectivity index is 1.95. The molecule has 0 aromatic heterocycles. The number of carbonyl (C=O) groups excluding carboxylic acids is 1. The summed E-state index contributed by atoms with van der Waals surface area (Å²) in [6.07, 6.45) is 2.94. The van der Waals surface area contributed by atoms with Gasteiger partial charge in [0.1, 0.15) is 0 Å². The number of aliphatic hydroxyl groups is 1. The summed E-state index contributed by atoms with van der Waals surface area (Å²) in [7, 11) is 0. The quantitative estimate of drug-likeness (QED) is 0.868. The Hall–Kier alpha value is -1.00. The van der Waals surface area contributed by atoms with Crippen LogP contribution in [0.5, 0.6) is 0 Å². The minimum atomic E-state index is -0.171. The van der Waals surface area contributed by atoms with Crippen LogP contribution in [0.25, 0.3) is 0 Å². The second kappa shape index (κ2) is 5.56. The van der Waals surface area contributed by atoms with Crippen molar-refractivity contribution >= 4 is 23.4 Å². The molecule has 0 bridgehead atoms. The van der Waals surface area contributed by atoms with Crippen LogP contribution in [0.15, 0.2) is 29.2 Å². The van der Waals surface area contributed by atoms with Gasteiger partial charge in [-0.3, -0.25) is 4.79 Å². The van der Waals surface area contributed by atoms with Crippen molar-refractivity contribution in [3.05, 3.63) is 24.3 Å². The summed E-state index contributed by atoms with van der Waals surface area (Å²) in [6.45, 7) is 1.50. The first-order chi connectivity index (χ1) is 8.15. The van der Waals surface area contributed by atoms with Crippen LogP contribution in [-0.4, -0.2) is 22.4 Å². The van der Waals surface area contributed by atoms with Crippen LogP contribution in [0, 0.1) is 0 Å². The van der Waals surface area contributed by atoms with Gasteiger partial charge >= 0.3 is 0 Å². The van der Waals surface area contributed by atoms with Crippen molar-refractivity contribution in [2.24, 2.45) is 0 Å². The summed E-state index contributed by atoms with van der Waals surface area (Å²) in [5.41, 5.74) is 0.814. The second-order valence-electron chi connectivity index (χ2n) is 4.36. The molecule has 1 aliphatic rings. The van der Waals surface area contributed by atoms with Gasteiger partial charge in [0.25, 0.3) is 0 Å². The van der Waals surface area contributed by atoms with E-state index in [4.69, 9.17) is 0 Å². The lowest BCUT2D eigenvalue weighted by Crippen LogP contribution is -2.14. The molecule has 0 spiro atoms.